The number of rotatable bonds is 5. The number of halogens is 1. The summed E-state index contributed by atoms with van der Waals surface area (Å²) in [4.78, 5) is 15.1. The Balaban J connectivity index is 1.93. The number of hydrogen-bond donors (Lipinski definition) is 2. The van der Waals surface area contributed by atoms with Crippen LogP contribution in [0, 0.1) is 11.0 Å². The van der Waals surface area contributed by atoms with Gasteiger partial charge in [-0.1, -0.05) is 18.2 Å². The molecule has 0 saturated carbocycles. The van der Waals surface area contributed by atoms with Crippen LogP contribution in [0.25, 0.3) is 10.9 Å². The van der Waals surface area contributed by atoms with E-state index in [1.807, 2.05) is 18.2 Å². The first kappa shape index (κ1) is 20.4. The van der Waals surface area contributed by atoms with Crippen molar-refractivity contribution in [1.29, 1.82) is 0 Å². The molecule has 29 heavy (non-hydrogen) atoms. The summed E-state index contributed by atoms with van der Waals surface area (Å²) in [6.45, 7) is 5.27. The average molecular weight is 397 g/mol. The molecule has 0 spiro atoms. The molecule has 3 rings (SSSR count). The maximum Gasteiger partial charge on any atom is 0.407 e. The molecule has 152 valence electrons. The summed E-state index contributed by atoms with van der Waals surface area (Å²) in [5.41, 5.74) is 1.35. The number of fused-ring (bicyclic) bond motifs is 1. The number of hydrogen-bond acceptors (Lipinski definition) is 3. The van der Waals surface area contributed by atoms with Gasteiger partial charge in [-0.25, -0.2) is 13.9 Å². The van der Waals surface area contributed by atoms with Crippen molar-refractivity contribution in [3.05, 3.63) is 76.9 Å². The van der Waals surface area contributed by atoms with Crippen molar-refractivity contribution in [2.75, 3.05) is 6.54 Å². The smallest absolute Gasteiger partial charge is 0.407 e. The first-order valence-electron chi connectivity index (χ1n) is 9.32. The SMILES string of the molecule is CC(C)(C)OC(=O)NCC(c1c[nH]c2ccc(F)cc12)[N+]([O-])=Cc1ccccc1. The van der Waals surface area contributed by atoms with E-state index < -0.39 is 23.6 Å². The Kier molecular flexibility index (Phi) is 5.87. The lowest BCUT2D eigenvalue weighted by molar-refractivity contribution is -0.500. The molecule has 0 aliphatic rings. The second kappa shape index (κ2) is 8.34. The highest BCUT2D eigenvalue weighted by atomic mass is 19.1. The number of aromatic nitrogens is 1. The zero-order valence-electron chi connectivity index (χ0n) is 16.6. The predicted octanol–water partition coefficient (Wildman–Crippen LogP) is 4.50. The van der Waals surface area contributed by atoms with E-state index in [4.69, 9.17) is 4.74 Å². The van der Waals surface area contributed by atoms with Crippen LogP contribution in [-0.2, 0) is 4.74 Å². The third-order valence-corrected chi connectivity index (χ3v) is 4.26. The number of nitrogens with zero attached hydrogens (tertiary/aromatic N) is 1. The van der Waals surface area contributed by atoms with Gasteiger partial charge in [0.15, 0.2) is 6.21 Å². The van der Waals surface area contributed by atoms with Crippen LogP contribution in [0.15, 0.2) is 54.7 Å². The molecule has 1 aromatic heterocycles. The molecule has 1 atom stereocenters. The second-order valence-corrected chi connectivity index (χ2v) is 7.73. The molecule has 2 N–H and O–H groups in total. The number of benzene rings is 2. The van der Waals surface area contributed by atoms with E-state index in [1.54, 1.807) is 45.2 Å². The van der Waals surface area contributed by atoms with Crippen LogP contribution in [0.4, 0.5) is 9.18 Å². The molecule has 2 aromatic carbocycles. The number of ether oxygens (including phenoxy) is 1. The molecule has 6 nitrogen and oxygen atoms in total. The third kappa shape index (κ3) is 5.34. The molecule has 1 amide bonds. The normalized spacial score (nSPS) is 13.3. The fourth-order valence-electron chi connectivity index (χ4n) is 3.00. The third-order valence-electron chi connectivity index (χ3n) is 4.26. The van der Waals surface area contributed by atoms with Gasteiger partial charge in [-0.15, -0.1) is 0 Å². The summed E-state index contributed by atoms with van der Waals surface area (Å²) in [7, 11) is 0. The zero-order chi connectivity index (χ0) is 21.0. The quantitative estimate of drug-likeness (QED) is 0.288. The van der Waals surface area contributed by atoms with Crippen LogP contribution < -0.4 is 5.32 Å². The van der Waals surface area contributed by atoms with Gasteiger partial charge in [0.25, 0.3) is 0 Å². The second-order valence-electron chi connectivity index (χ2n) is 7.73. The van der Waals surface area contributed by atoms with Crippen LogP contribution >= 0.6 is 0 Å². The number of carbonyl (C=O) groups excluding carboxylic acids is 1. The summed E-state index contributed by atoms with van der Waals surface area (Å²) in [5.74, 6) is -0.401. The molecule has 3 aromatic rings. The Labute approximate surface area is 168 Å². The van der Waals surface area contributed by atoms with Gasteiger partial charge in [0.2, 0.25) is 6.04 Å². The summed E-state index contributed by atoms with van der Waals surface area (Å²) in [5, 5.41) is 16.2. The minimum Gasteiger partial charge on any atom is -0.623 e. The van der Waals surface area contributed by atoms with Gasteiger partial charge >= 0.3 is 6.09 Å². The number of nitrogens with one attached hydrogen (secondary N) is 2. The van der Waals surface area contributed by atoms with E-state index in [-0.39, 0.29) is 6.54 Å². The summed E-state index contributed by atoms with van der Waals surface area (Å²) in [6.07, 6.45) is 2.48. The summed E-state index contributed by atoms with van der Waals surface area (Å²) < 4.78 is 19.8. The van der Waals surface area contributed by atoms with Crippen LogP contribution in [0.3, 0.4) is 0 Å². The van der Waals surface area contributed by atoms with Gasteiger partial charge in [-0.05, 0) is 51.1 Å². The standard InChI is InChI=1S/C22H24FN3O3/c1-22(2,3)29-21(27)25-13-20(26(28)14-15-7-5-4-6-8-15)18-12-24-19-10-9-16(23)11-17(18)19/h4-12,14,20,24H,13H2,1-3H3,(H,25,27). The minimum atomic E-state index is -0.779. The minimum absolute atomic E-state index is 0.00872. The highest BCUT2D eigenvalue weighted by Gasteiger charge is 2.25. The molecule has 0 saturated heterocycles. The van der Waals surface area contributed by atoms with E-state index in [2.05, 4.69) is 10.3 Å². The highest BCUT2D eigenvalue weighted by molar-refractivity contribution is 5.84. The molecule has 1 unspecified atom stereocenters. The lowest BCUT2D eigenvalue weighted by atomic mass is 10.1. The van der Waals surface area contributed by atoms with Crippen molar-refractivity contribution in [3.8, 4) is 0 Å². The number of carbonyl (C=O) groups is 1. The van der Waals surface area contributed by atoms with Crippen LogP contribution in [0.5, 0.6) is 0 Å². The predicted molar refractivity (Wildman–Crippen MR) is 110 cm³/mol. The number of aromatic amines is 1. The Morgan fingerprint density at radius 3 is 2.69 bits per heavy atom. The lowest BCUT2D eigenvalue weighted by Crippen LogP contribution is -2.36. The highest BCUT2D eigenvalue weighted by Crippen LogP contribution is 2.27. The van der Waals surface area contributed by atoms with Gasteiger partial charge in [0.1, 0.15) is 11.4 Å². The fourth-order valence-corrected chi connectivity index (χ4v) is 3.00. The van der Waals surface area contributed by atoms with Crippen LogP contribution in [-0.4, -0.2) is 34.2 Å². The van der Waals surface area contributed by atoms with E-state index >= 15 is 0 Å². The number of amides is 1. The average Bonchev–Trinajstić information content (AvgIpc) is 3.04. The first-order valence-corrected chi connectivity index (χ1v) is 9.32. The Morgan fingerprint density at radius 1 is 1.28 bits per heavy atom. The molecule has 0 bridgehead atoms. The van der Waals surface area contributed by atoms with Gasteiger partial charge in [0, 0.05) is 28.2 Å². The topological polar surface area (TPSA) is 80.2 Å². The van der Waals surface area contributed by atoms with Crippen molar-refractivity contribution < 1.29 is 18.7 Å². The van der Waals surface area contributed by atoms with Crippen molar-refractivity contribution >= 4 is 23.2 Å². The van der Waals surface area contributed by atoms with Gasteiger partial charge in [-0.3, -0.25) is 0 Å². The Hall–Kier alpha value is -3.35. The largest absolute Gasteiger partial charge is 0.623 e. The molecule has 7 heteroatoms. The first-order chi connectivity index (χ1) is 13.7. The number of alkyl carbamates (subject to hydrolysis) is 1. The summed E-state index contributed by atoms with van der Waals surface area (Å²) >= 11 is 0. The van der Waals surface area contributed by atoms with Crippen molar-refractivity contribution in [3.63, 3.8) is 0 Å². The van der Waals surface area contributed by atoms with E-state index in [0.29, 0.717) is 16.5 Å². The maximum absolute atomic E-state index is 13.8. The monoisotopic (exact) mass is 397 g/mol. The molecule has 1 heterocycles. The zero-order valence-corrected chi connectivity index (χ0v) is 16.6. The molecular weight excluding hydrogens is 373 g/mol. The molecule has 0 radical (unpaired) electrons. The Bertz CT molecular complexity index is 1020. The maximum atomic E-state index is 13.8. The van der Waals surface area contributed by atoms with Crippen molar-refractivity contribution in [2.45, 2.75) is 32.4 Å². The molecule has 0 aliphatic heterocycles. The lowest BCUT2D eigenvalue weighted by Gasteiger charge is -2.21. The molecular formula is C22H24FN3O3. The van der Waals surface area contributed by atoms with Crippen molar-refractivity contribution in [1.82, 2.24) is 10.3 Å². The van der Waals surface area contributed by atoms with E-state index in [9.17, 15) is 14.4 Å². The Morgan fingerprint density at radius 2 is 2.00 bits per heavy atom. The molecule has 0 aliphatic carbocycles. The van der Waals surface area contributed by atoms with E-state index in [1.165, 1.54) is 18.3 Å². The number of H-pyrrole nitrogens is 1. The molecule has 0 fully saturated rings. The summed E-state index contributed by atoms with van der Waals surface area (Å²) in [6, 6.07) is 12.7. The van der Waals surface area contributed by atoms with Gasteiger partial charge < -0.3 is 20.2 Å². The fraction of sp³-hybridized carbons (Fsp3) is 0.273. The van der Waals surface area contributed by atoms with Gasteiger partial charge in [-0.2, -0.15) is 0 Å². The van der Waals surface area contributed by atoms with Gasteiger partial charge in [0.05, 0.1) is 6.54 Å². The van der Waals surface area contributed by atoms with E-state index in [0.717, 1.165) is 10.3 Å². The van der Waals surface area contributed by atoms with Crippen LogP contribution in [0.2, 0.25) is 0 Å². The van der Waals surface area contributed by atoms with Crippen molar-refractivity contribution in [2.24, 2.45) is 0 Å². The number of hydroxylamine groups is 1. The van der Waals surface area contributed by atoms with Crippen LogP contribution in [0.1, 0.15) is 37.9 Å².